The van der Waals surface area contributed by atoms with Crippen molar-refractivity contribution in [2.24, 2.45) is 0 Å². The second-order valence-corrected chi connectivity index (χ2v) is 4.40. The third-order valence-electron chi connectivity index (χ3n) is 2.70. The van der Waals surface area contributed by atoms with Crippen LogP contribution >= 0.6 is 0 Å². The highest BCUT2D eigenvalue weighted by Gasteiger charge is 2.20. The van der Waals surface area contributed by atoms with Crippen molar-refractivity contribution in [3.8, 4) is 5.75 Å². The predicted octanol–water partition coefficient (Wildman–Crippen LogP) is 3.10. The SMILES string of the molecule is CCCN(CCC)C(=O)[C@@H](C)Oc1ccccc1. The maximum Gasteiger partial charge on any atom is 0.263 e. The molecule has 18 heavy (non-hydrogen) atoms. The fourth-order valence-corrected chi connectivity index (χ4v) is 1.88. The van der Waals surface area contributed by atoms with Gasteiger partial charge in [0.25, 0.3) is 5.91 Å². The molecule has 0 aliphatic rings. The van der Waals surface area contributed by atoms with Gasteiger partial charge in [-0.15, -0.1) is 0 Å². The molecular formula is C15H23NO2. The van der Waals surface area contributed by atoms with E-state index in [1.165, 1.54) is 0 Å². The largest absolute Gasteiger partial charge is 0.481 e. The van der Waals surface area contributed by atoms with Crippen LogP contribution in [0.1, 0.15) is 33.6 Å². The first-order valence-corrected chi connectivity index (χ1v) is 6.69. The van der Waals surface area contributed by atoms with Crippen molar-refractivity contribution in [3.05, 3.63) is 30.3 Å². The lowest BCUT2D eigenvalue weighted by atomic mass is 10.2. The Morgan fingerprint density at radius 3 is 2.22 bits per heavy atom. The topological polar surface area (TPSA) is 29.5 Å². The van der Waals surface area contributed by atoms with E-state index >= 15 is 0 Å². The van der Waals surface area contributed by atoms with E-state index in [9.17, 15) is 4.79 Å². The van der Waals surface area contributed by atoms with Gasteiger partial charge >= 0.3 is 0 Å². The van der Waals surface area contributed by atoms with E-state index in [0.29, 0.717) is 0 Å². The van der Waals surface area contributed by atoms with Crippen LogP contribution in [0.25, 0.3) is 0 Å². The van der Waals surface area contributed by atoms with E-state index in [4.69, 9.17) is 4.74 Å². The molecule has 3 nitrogen and oxygen atoms in total. The van der Waals surface area contributed by atoms with Crippen molar-refractivity contribution in [1.29, 1.82) is 0 Å². The lowest BCUT2D eigenvalue weighted by Crippen LogP contribution is -2.41. The summed E-state index contributed by atoms with van der Waals surface area (Å²) in [5.41, 5.74) is 0. The number of para-hydroxylation sites is 1. The zero-order valence-electron chi connectivity index (χ0n) is 11.6. The third-order valence-corrected chi connectivity index (χ3v) is 2.70. The molecule has 0 aliphatic carbocycles. The molecule has 100 valence electrons. The third kappa shape index (κ3) is 4.40. The maximum atomic E-state index is 12.2. The summed E-state index contributed by atoms with van der Waals surface area (Å²) in [5, 5.41) is 0. The van der Waals surface area contributed by atoms with Gasteiger partial charge in [-0.05, 0) is 31.9 Å². The van der Waals surface area contributed by atoms with E-state index in [-0.39, 0.29) is 5.91 Å². The Balaban J connectivity index is 2.58. The molecule has 0 bridgehead atoms. The van der Waals surface area contributed by atoms with Crippen LogP contribution < -0.4 is 4.74 Å². The highest BCUT2D eigenvalue weighted by atomic mass is 16.5. The molecule has 1 atom stereocenters. The van der Waals surface area contributed by atoms with Gasteiger partial charge in [-0.25, -0.2) is 0 Å². The molecule has 0 aliphatic heterocycles. The Labute approximate surface area is 110 Å². The molecule has 0 N–H and O–H groups in total. The van der Waals surface area contributed by atoms with Gasteiger partial charge < -0.3 is 9.64 Å². The number of hydrogen-bond acceptors (Lipinski definition) is 2. The van der Waals surface area contributed by atoms with Crippen molar-refractivity contribution >= 4 is 5.91 Å². The predicted molar refractivity (Wildman–Crippen MR) is 73.7 cm³/mol. The fourth-order valence-electron chi connectivity index (χ4n) is 1.88. The van der Waals surface area contributed by atoms with Crippen molar-refractivity contribution in [3.63, 3.8) is 0 Å². The minimum atomic E-state index is -0.425. The molecule has 1 aromatic rings. The second kappa shape index (κ2) is 7.75. The number of benzene rings is 1. The number of carbonyl (C=O) groups excluding carboxylic acids is 1. The van der Waals surface area contributed by atoms with E-state index in [1.807, 2.05) is 42.2 Å². The summed E-state index contributed by atoms with van der Waals surface area (Å²) < 4.78 is 5.66. The van der Waals surface area contributed by atoms with Crippen LogP contribution in [0.2, 0.25) is 0 Å². The summed E-state index contributed by atoms with van der Waals surface area (Å²) in [6.45, 7) is 7.58. The number of hydrogen-bond donors (Lipinski definition) is 0. The van der Waals surface area contributed by atoms with Gasteiger partial charge in [0.2, 0.25) is 0 Å². The van der Waals surface area contributed by atoms with Crippen LogP contribution in [0.4, 0.5) is 0 Å². The first-order chi connectivity index (χ1) is 8.69. The van der Waals surface area contributed by atoms with Crippen molar-refractivity contribution in [2.45, 2.75) is 39.7 Å². The van der Waals surface area contributed by atoms with Gasteiger partial charge in [0.15, 0.2) is 6.10 Å². The zero-order chi connectivity index (χ0) is 13.4. The quantitative estimate of drug-likeness (QED) is 0.743. The average molecular weight is 249 g/mol. The molecule has 0 heterocycles. The van der Waals surface area contributed by atoms with Crippen LogP contribution in [0, 0.1) is 0 Å². The summed E-state index contributed by atoms with van der Waals surface area (Å²) in [6, 6.07) is 9.48. The Bertz CT molecular complexity index is 345. The average Bonchev–Trinajstić information content (AvgIpc) is 2.39. The van der Waals surface area contributed by atoms with Crippen molar-refractivity contribution < 1.29 is 9.53 Å². The molecule has 1 amide bonds. The van der Waals surface area contributed by atoms with E-state index in [1.54, 1.807) is 0 Å². The molecule has 0 saturated carbocycles. The maximum absolute atomic E-state index is 12.2. The van der Waals surface area contributed by atoms with Crippen LogP contribution in [0.5, 0.6) is 5.75 Å². The molecule has 0 saturated heterocycles. The lowest BCUT2D eigenvalue weighted by Gasteiger charge is -2.25. The lowest BCUT2D eigenvalue weighted by molar-refractivity contribution is -0.138. The van der Waals surface area contributed by atoms with Gasteiger partial charge in [-0.1, -0.05) is 32.0 Å². The number of nitrogens with zero attached hydrogens (tertiary/aromatic N) is 1. The molecule has 0 unspecified atom stereocenters. The molecule has 0 spiro atoms. The van der Waals surface area contributed by atoms with Crippen molar-refractivity contribution in [1.82, 2.24) is 4.90 Å². The molecule has 0 radical (unpaired) electrons. The molecular weight excluding hydrogens is 226 g/mol. The second-order valence-electron chi connectivity index (χ2n) is 4.40. The van der Waals surface area contributed by atoms with E-state index < -0.39 is 6.10 Å². The zero-order valence-corrected chi connectivity index (χ0v) is 11.6. The number of rotatable bonds is 7. The standard InChI is InChI=1S/C15H23NO2/c1-4-11-16(12-5-2)15(17)13(3)18-14-9-7-6-8-10-14/h6-10,13H,4-5,11-12H2,1-3H3/t13-/m1/s1. The smallest absolute Gasteiger partial charge is 0.263 e. The Morgan fingerprint density at radius 1 is 1.17 bits per heavy atom. The van der Waals surface area contributed by atoms with Crippen molar-refractivity contribution in [2.75, 3.05) is 13.1 Å². The normalized spacial score (nSPS) is 11.9. The highest BCUT2D eigenvalue weighted by Crippen LogP contribution is 2.12. The minimum absolute atomic E-state index is 0.0718. The van der Waals surface area contributed by atoms with Gasteiger partial charge in [-0.2, -0.15) is 0 Å². The summed E-state index contributed by atoms with van der Waals surface area (Å²) >= 11 is 0. The molecule has 0 aromatic heterocycles. The van der Waals surface area contributed by atoms with Gasteiger partial charge in [0, 0.05) is 13.1 Å². The number of amides is 1. The molecule has 1 aromatic carbocycles. The van der Waals surface area contributed by atoms with Crippen LogP contribution in [0.15, 0.2) is 30.3 Å². The number of carbonyl (C=O) groups is 1. The summed E-state index contributed by atoms with van der Waals surface area (Å²) in [4.78, 5) is 14.1. The Hall–Kier alpha value is -1.51. The first kappa shape index (κ1) is 14.6. The molecule has 1 rings (SSSR count). The molecule has 0 fully saturated rings. The van der Waals surface area contributed by atoms with Crippen LogP contribution in [-0.2, 0) is 4.79 Å². The Kier molecular flexibility index (Phi) is 6.26. The first-order valence-electron chi connectivity index (χ1n) is 6.69. The van der Waals surface area contributed by atoms with E-state index in [2.05, 4.69) is 13.8 Å². The summed E-state index contributed by atoms with van der Waals surface area (Å²) in [6.07, 6.45) is 1.53. The Morgan fingerprint density at radius 2 is 1.72 bits per heavy atom. The monoisotopic (exact) mass is 249 g/mol. The fraction of sp³-hybridized carbons (Fsp3) is 0.533. The van der Waals surface area contributed by atoms with Gasteiger partial charge in [0.1, 0.15) is 5.75 Å². The van der Waals surface area contributed by atoms with Gasteiger partial charge in [-0.3, -0.25) is 4.79 Å². The van der Waals surface area contributed by atoms with E-state index in [0.717, 1.165) is 31.7 Å². The van der Waals surface area contributed by atoms with Crippen LogP contribution in [0.3, 0.4) is 0 Å². The molecule has 3 heteroatoms. The van der Waals surface area contributed by atoms with Crippen LogP contribution in [-0.4, -0.2) is 30.0 Å². The summed E-state index contributed by atoms with van der Waals surface area (Å²) in [7, 11) is 0. The summed E-state index contributed by atoms with van der Waals surface area (Å²) in [5.74, 6) is 0.814. The highest BCUT2D eigenvalue weighted by molar-refractivity contribution is 5.80. The minimum Gasteiger partial charge on any atom is -0.481 e. The number of ether oxygens (including phenoxy) is 1. The van der Waals surface area contributed by atoms with Gasteiger partial charge in [0.05, 0.1) is 0 Å².